The van der Waals surface area contributed by atoms with Gasteiger partial charge >= 0.3 is 0 Å². The standard InChI is InChI=1S/C26H40Br2O2Si/c1-22(2,3)31(5,6)30-19-8-7-16-17-13-18-20(27)25(18)14-15(29)9-10-26(25)21(28)24(17,26)12-11-23(16,19)4/h16-21H,7-14H2,1-6H3/t16-,17-,18-,19-,20-,21-,23-,24-,25-,26+/m0/s1. The van der Waals surface area contributed by atoms with E-state index in [0.717, 1.165) is 37.0 Å². The summed E-state index contributed by atoms with van der Waals surface area (Å²) in [7, 11) is -1.77. The van der Waals surface area contributed by atoms with Gasteiger partial charge in [0.25, 0.3) is 0 Å². The number of fused-ring (bicyclic) bond motifs is 2. The molecule has 6 fully saturated rings. The Morgan fingerprint density at radius 1 is 1.00 bits per heavy atom. The Balaban J connectivity index is 1.34. The molecule has 0 aromatic rings. The molecule has 0 amide bonds. The second-order valence-electron chi connectivity index (χ2n) is 14.0. The molecule has 174 valence electrons. The first-order valence-electron chi connectivity index (χ1n) is 12.8. The van der Waals surface area contributed by atoms with Crippen LogP contribution >= 0.6 is 31.9 Å². The third kappa shape index (κ3) is 2.28. The van der Waals surface area contributed by atoms with Crippen LogP contribution in [0, 0.1) is 39.4 Å². The van der Waals surface area contributed by atoms with Crippen molar-refractivity contribution in [1.29, 1.82) is 0 Å². The number of rotatable bonds is 2. The first-order valence-corrected chi connectivity index (χ1v) is 17.5. The van der Waals surface area contributed by atoms with Crippen molar-refractivity contribution in [3.63, 3.8) is 0 Å². The van der Waals surface area contributed by atoms with Gasteiger partial charge in [-0.05, 0) is 90.7 Å². The fourth-order valence-corrected chi connectivity index (χ4v) is 14.7. The summed E-state index contributed by atoms with van der Waals surface area (Å²) in [5, 5.41) is 0.273. The SMILES string of the molecule is CC(C)(C)[Si](C)(C)O[C@H]1CC[C@H]2[C@@H]3C[C@H]4[C@H](Br)[C@]45CC(=O)CC[C@]54[C@@H](Br)[C@]34CC[C@]12C. The van der Waals surface area contributed by atoms with E-state index in [-0.39, 0.29) is 10.5 Å². The number of halogens is 2. The molecule has 6 aliphatic rings. The van der Waals surface area contributed by atoms with Crippen LogP contribution in [0.4, 0.5) is 0 Å². The van der Waals surface area contributed by atoms with E-state index in [1.54, 1.807) is 0 Å². The van der Waals surface area contributed by atoms with Gasteiger partial charge in [-0.1, -0.05) is 59.6 Å². The molecule has 3 spiro atoms. The maximum absolute atomic E-state index is 12.6. The van der Waals surface area contributed by atoms with Crippen molar-refractivity contribution >= 4 is 46.0 Å². The van der Waals surface area contributed by atoms with Gasteiger partial charge in [0.1, 0.15) is 5.78 Å². The third-order valence-corrected chi connectivity index (χ3v) is 20.0. The van der Waals surface area contributed by atoms with Gasteiger partial charge in [0, 0.05) is 27.9 Å². The van der Waals surface area contributed by atoms with Crippen LogP contribution in [0.5, 0.6) is 0 Å². The number of hydrogen-bond acceptors (Lipinski definition) is 2. The van der Waals surface area contributed by atoms with Crippen molar-refractivity contribution in [1.82, 2.24) is 0 Å². The van der Waals surface area contributed by atoms with Crippen LogP contribution in [0.2, 0.25) is 18.1 Å². The molecule has 0 bridgehead atoms. The van der Waals surface area contributed by atoms with E-state index >= 15 is 0 Å². The van der Waals surface area contributed by atoms with Crippen LogP contribution in [0.15, 0.2) is 0 Å². The fraction of sp³-hybridized carbons (Fsp3) is 0.962. The highest BCUT2D eigenvalue weighted by Crippen LogP contribution is 2.96. The van der Waals surface area contributed by atoms with E-state index in [1.165, 1.54) is 32.1 Å². The molecule has 0 aromatic carbocycles. The fourth-order valence-electron chi connectivity index (χ4n) is 9.84. The lowest BCUT2D eigenvalue weighted by atomic mass is 9.50. The average molecular weight is 572 g/mol. The largest absolute Gasteiger partial charge is 0.413 e. The second-order valence-corrected chi connectivity index (χ2v) is 20.7. The molecule has 0 saturated heterocycles. The molecular weight excluding hydrogens is 532 g/mol. The maximum atomic E-state index is 12.6. The quantitative estimate of drug-likeness (QED) is 0.253. The summed E-state index contributed by atoms with van der Waals surface area (Å²) in [6.45, 7) is 14.6. The van der Waals surface area contributed by atoms with Crippen LogP contribution in [0.3, 0.4) is 0 Å². The van der Waals surface area contributed by atoms with Gasteiger partial charge < -0.3 is 4.43 Å². The molecule has 6 aliphatic carbocycles. The molecule has 6 saturated carbocycles. The zero-order chi connectivity index (χ0) is 22.4. The summed E-state index contributed by atoms with van der Waals surface area (Å²) in [4.78, 5) is 13.8. The molecule has 0 N–H and O–H groups in total. The van der Waals surface area contributed by atoms with Crippen LogP contribution in [-0.4, -0.2) is 29.9 Å². The van der Waals surface area contributed by atoms with E-state index in [1.807, 2.05) is 0 Å². The lowest BCUT2D eigenvalue weighted by Gasteiger charge is -2.55. The van der Waals surface area contributed by atoms with Crippen LogP contribution in [0.1, 0.15) is 79.1 Å². The Morgan fingerprint density at radius 3 is 2.39 bits per heavy atom. The van der Waals surface area contributed by atoms with E-state index < -0.39 is 8.32 Å². The van der Waals surface area contributed by atoms with Gasteiger partial charge in [0.15, 0.2) is 8.32 Å². The Morgan fingerprint density at radius 2 is 1.71 bits per heavy atom. The van der Waals surface area contributed by atoms with Crippen LogP contribution in [0.25, 0.3) is 0 Å². The number of alkyl halides is 2. The van der Waals surface area contributed by atoms with Gasteiger partial charge in [-0.15, -0.1) is 0 Å². The number of hydrogen-bond donors (Lipinski definition) is 0. The zero-order valence-corrected chi connectivity index (χ0v) is 24.4. The first-order chi connectivity index (χ1) is 14.3. The van der Waals surface area contributed by atoms with Gasteiger partial charge in [-0.25, -0.2) is 0 Å². The molecule has 0 radical (unpaired) electrons. The Bertz CT molecular complexity index is 853. The summed E-state index contributed by atoms with van der Waals surface area (Å²) in [6.07, 6.45) is 9.88. The predicted octanol–water partition coefficient (Wildman–Crippen LogP) is 7.49. The highest BCUT2D eigenvalue weighted by Gasteiger charge is 2.95. The topological polar surface area (TPSA) is 26.3 Å². The molecule has 0 aliphatic heterocycles. The summed E-state index contributed by atoms with van der Waals surface area (Å²) in [6, 6.07) is 0. The Hall–Kier alpha value is 0.807. The van der Waals surface area contributed by atoms with E-state index in [2.05, 4.69) is 72.6 Å². The van der Waals surface area contributed by atoms with Crippen LogP contribution in [-0.2, 0) is 9.22 Å². The van der Waals surface area contributed by atoms with Gasteiger partial charge in [-0.2, -0.15) is 0 Å². The van der Waals surface area contributed by atoms with Gasteiger partial charge in [0.05, 0.1) is 6.10 Å². The van der Waals surface area contributed by atoms with Gasteiger partial charge in [-0.3, -0.25) is 4.79 Å². The minimum Gasteiger partial charge on any atom is -0.413 e. The molecule has 0 heterocycles. The van der Waals surface area contributed by atoms with Crippen LogP contribution < -0.4 is 0 Å². The third-order valence-electron chi connectivity index (χ3n) is 12.4. The van der Waals surface area contributed by atoms with Crippen molar-refractivity contribution in [2.75, 3.05) is 0 Å². The first kappa shape index (κ1) is 22.3. The Labute approximate surface area is 206 Å². The van der Waals surface area contributed by atoms with Crippen molar-refractivity contribution < 1.29 is 9.22 Å². The lowest BCUT2D eigenvalue weighted by molar-refractivity contribution is -0.129. The average Bonchev–Trinajstić information content (AvgIpc) is 3.35. The predicted molar refractivity (Wildman–Crippen MR) is 135 cm³/mol. The summed E-state index contributed by atoms with van der Waals surface area (Å²) in [5.74, 6) is 2.87. The number of carbonyl (C=O) groups is 1. The number of Topliss-reactive ketones (excluding diaryl/α,β-unsaturated/α-hetero) is 1. The molecule has 5 heteroatoms. The molecule has 6 rings (SSSR count). The molecular formula is C26H40Br2O2Si. The lowest BCUT2D eigenvalue weighted by Crippen LogP contribution is -2.53. The minimum absolute atomic E-state index is 0.273. The molecule has 31 heavy (non-hydrogen) atoms. The highest BCUT2D eigenvalue weighted by atomic mass is 79.9. The number of carbonyl (C=O) groups excluding carboxylic acids is 1. The molecule has 0 unspecified atom stereocenters. The highest BCUT2D eigenvalue weighted by molar-refractivity contribution is 9.10. The number of ketones is 1. The van der Waals surface area contributed by atoms with Gasteiger partial charge in [0.2, 0.25) is 0 Å². The normalized spacial score (nSPS) is 57.4. The molecule has 10 atom stereocenters. The van der Waals surface area contributed by atoms with Crippen molar-refractivity contribution in [3.8, 4) is 0 Å². The van der Waals surface area contributed by atoms with E-state index in [9.17, 15) is 4.79 Å². The van der Waals surface area contributed by atoms with E-state index in [4.69, 9.17) is 4.43 Å². The zero-order valence-electron chi connectivity index (χ0n) is 20.2. The molecule has 0 aromatic heterocycles. The smallest absolute Gasteiger partial charge is 0.192 e. The van der Waals surface area contributed by atoms with Crippen molar-refractivity contribution in [2.45, 2.75) is 113 Å². The minimum atomic E-state index is -1.77. The molecule has 2 nitrogen and oxygen atoms in total. The van der Waals surface area contributed by atoms with Crippen molar-refractivity contribution in [3.05, 3.63) is 0 Å². The summed E-state index contributed by atoms with van der Waals surface area (Å²) in [5.41, 5.74) is 1.44. The Kier molecular flexibility index (Phi) is 4.41. The monoisotopic (exact) mass is 570 g/mol. The maximum Gasteiger partial charge on any atom is 0.192 e. The summed E-state index contributed by atoms with van der Waals surface area (Å²) < 4.78 is 7.14. The van der Waals surface area contributed by atoms with E-state index in [0.29, 0.717) is 37.8 Å². The summed E-state index contributed by atoms with van der Waals surface area (Å²) >= 11 is 8.42. The van der Waals surface area contributed by atoms with Crippen molar-refractivity contribution in [2.24, 2.45) is 39.4 Å². The second kappa shape index (κ2) is 6.13.